The maximum atomic E-state index is 14.1. The molecule has 2 nitrogen and oxygen atoms in total. The Bertz CT molecular complexity index is 765. The van der Waals surface area contributed by atoms with E-state index < -0.39 is 0 Å². The third-order valence-corrected chi connectivity index (χ3v) is 3.51. The topological polar surface area (TPSA) is 35.2 Å². The van der Waals surface area contributed by atoms with Gasteiger partial charge in [-0.1, -0.05) is 54.6 Å². The van der Waals surface area contributed by atoms with Crippen molar-refractivity contribution in [2.45, 2.75) is 13.2 Å². The lowest BCUT2D eigenvalue weighted by Gasteiger charge is -2.11. The highest BCUT2D eigenvalue weighted by Crippen LogP contribution is 2.26. The summed E-state index contributed by atoms with van der Waals surface area (Å²) in [5, 5.41) is 2.13. The van der Waals surface area contributed by atoms with Crippen molar-refractivity contribution in [3.05, 3.63) is 77.6 Å². The van der Waals surface area contributed by atoms with Crippen molar-refractivity contribution in [3.8, 4) is 5.75 Å². The van der Waals surface area contributed by atoms with Crippen molar-refractivity contribution in [1.82, 2.24) is 0 Å². The van der Waals surface area contributed by atoms with Crippen molar-refractivity contribution in [2.24, 2.45) is 5.73 Å². The maximum Gasteiger partial charge on any atom is 0.134 e. The molecule has 0 fully saturated rings. The average Bonchev–Trinajstić information content (AvgIpc) is 2.54. The van der Waals surface area contributed by atoms with Gasteiger partial charge in [-0.15, -0.1) is 0 Å². The monoisotopic (exact) mass is 281 g/mol. The van der Waals surface area contributed by atoms with Crippen LogP contribution in [-0.4, -0.2) is 0 Å². The van der Waals surface area contributed by atoms with E-state index in [1.807, 2.05) is 42.5 Å². The van der Waals surface area contributed by atoms with Crippen LogP contribution in [0.2, 0.25) is 0 Å². The van der Waals surface area contributed by atoms with Crippen molar-refractivity contribution < 1.29 is 9.13 Å². The normalized spacial score (nSPS) is 10.8. The van der Waals surface area contributed by atoms with Gasteiger partial charge in [-0.25, -0.2) is 4.39 Å². The average molecular weight is 281 g/mol. The van der Waals surface area contributed by atoms with Gasteiger partial charge in [0.1, 0.15) is 18.2 Å². The highest BCUT2D eigenvalue weighted by molar-refractivity contribution is 5.88. The summed E-state index contributed by atoms with van der Waals surface area (Å²) in [6.07, 6.45) is 0. The molecule has 0 amide bonds. The van der Waals surface area contributed by atoms with Crippen molar-refractivity contribution in [3.63, 3.8) is 0 Å². The zero-order valence-corrected chi connectivity index (χ0v) is 11.6. The summed E-state index contributed by atoms with van der Waals surface area (Å²) in [5.41, 5.74) is 6.55. The number of halogens is 1. The van der Waals surface area contributed by atoms with Gasteiger partial charge >= 0.3 is 0 Å². The molecular weight excluding hydrogens is 265 g/mol. The van der Waals surface area contributed by atoms with Crippen LogP contribution in [0.3, 0.4) is 0 Å². The van der Waals surface area contributed by atoms with Gasteiger partial charge in [-0.3, -0.25) is 0 Å². The van der Waals surface area contributed by atoms with Gasteiger partial charge in [0, 0.05) is 23.1 Å². The molecule has 0 unspecified atom stereocenters. The molecule has 0 radical (unpaired) electrons. The van der Waals surface area contributed by atoms with E-state index >= 15 is 0 Å². The first-order chi connectivity index (χ1) is 10.3. The molecule has 0 atom stereocenters. The lowest BCUT2D eigenvalue weighted by molar-refractivity contribution is 0.303. The fraction of sp³-hybridized carbons (Fsp3) is 0.111. The number of nitrogens with two attached hydrogens (primary N) is 1. The molecule has 0 saturated carbocycles. The Morgan fingerprint density at radius 2 is 1.57 bits per heavy atom. The summed E-state index contributed by atoms with van der Waals surface area (Å²) < 4.78 is 19.9. The Hall–Kier alpha value is -2.39. The van der Waals surface area contributed by atoms with Crippen LogP contribution in [0.5, 0.6) is 5.75 Å². The molecule has 3 heteroatoms. The van der Waals surface area contributed by atoms with Gasteiger partial charge in [0.15, 0.2) is 0 Å². The number of rotatable bonds is 4. The molecule has 0 saturated heterocycles. The van der Waals surface area contributed by atoms with E-state index in [9.17, 15) is 4.39 Å². The molecule has 2 N–H and O–H groups in total. The predicted octanol–water partition coefficient (Wildman–Crippen LogP) is 4.02. The quantitative estimate of drug-likeness (QED) is 0.784. The van der Waals surface area contributed by atoms with Crippen LogP contribution in [0.1, 0.15) is 11.1 Å². The molecule has 106 valence electrons. The van der Waals surface area contributed by atoms with Crippen molar-refractivity contribution in [2.75, 3.05) is 0 Å². The highest BCUT2D eigenvalue weighted by Gasteiger charge is 2.08. The molecule has 3 aromatic rings. The van der Waals surface area contributed by atoms with E-state index in [0.717, 1.165) is 16.5 Å². The molecule has 0 bridgehead atoms. The third kappa shape index (κ3) is 2.73. The van der Waals surface area contributed by atoms with E-state index in [-0.39, 0.29) is 19.0 Å². The second-order valence-electron chi connectivity index (χ2n) is 4.86. The van der Waals surface area contributed by atoms with E-state index in [1.54, 1.807) is 18.2 Å². The van der Waals surface area contributed by atoms with Gasteiger partial charge < -0.3 is 10.5 Å². The Labute approximate surface area is 123 Å². The Morgan fingerprint density at radius 3 is 2.43 bits per heavy atom. The molecule has 0 aliphatic rings. The molecule has 21 heavy (non-hydrogen) atoms. The molecule has 3 aromatic carbocycles. The van der Waals surface area contributed by atoms with Crippen LogP contribution in [0, 0.1) is 5.82 Å². The third-order valence-electron chi connectivity index (χ3n) is 3.51. The first kappa shape index (κ1) is 13.6. The van der Waals surface area contributed by atoms with E-state index in [2.05, 4.69) is 0 Å². The number of hydrogen-bond acceptors (Lipinski definition) is 2. The van der Waals surface area contributed by atoms with E-state index in [4.69, 9.17) is 10.5 Å². The SMILES string of the molecule is NCc1cccc(COc2cccc3ccccc23)c1F. The molecule has 0 heterocycles. The van der Waals surface area contributed by atoms with Crippen LogP contribution in [0.15, 0.2) is 60.7 Å². The molecule has 0 aromatic heterocycles. The first-order valence-corrected chi connectivity index (χ1v) is 6.86. The largest absolute Gasteiger partial charge is 0.488 e. The van der Waals surface area contributed by atoms with Crippen LogP contribution in [0.25, 0.3) is 10.8 Å². The lowest BCUT2D eigenvalue weighted by atomic mass is 10.1. The minimum absolute atomic E-state index is 0.188. The summed E-state index contributed by atoms with van der Waals surface area (Å²) in [5.74, 6) is 0.478. The summed E-state index contributed by atoms with van der Waals surface area (Å²) in [6.45, 7) is 0.377. The fourth-order valence-corrected chi connectivity index (χ4v) is 2.38. The van der Waals surface area contributed by atoms with Crippen LogP contribution < -0.4 is 10.5 Å². The zero-order valence-electron chi connectivity index (χ0n) is 11.6. The van der Waals surface area contributed by atoms with Crippen LogP contribution in [-0.2, 0) is 13.2 Å². The van der Waals surface area contributed by atoms with Gasteiger partial charge in [0.2, 0.25) is 0 Å². The summed E-state index contributed by atoms with van der Waals surface area (Å²) in [6, 6.07) is 19.0. The van der Waals surface area contributed by atoms with Gasteiger partial charge in [0.05, 0.1) is 0 Å². The minimum atomic E-state index is -0.278. The molecular formula is C18H16FNO. The first-order valence-electron chi connectivity index (χ1n) is 6.86. The number of benzene rings is 3. The summed E-state index contributed by atoms with van der Waals surface area (Å²) in [7, 11) is 0. The van der Waals surface area contributed by atoms with Crippen LogP contribution >= 0.6 is 0 Å². The van der Waals surface area contributed by atoms with Gasteiger partial charge in [-0.2, -0.15) is 0 Å². The molecule has 0 aliphatic heterocycles. The van der Waals surface area contributed by atoms with E-state index in [1.165, 1.54) is 0 Å². The standard InChI is InChI=1S/C18H16FNO/c19-18-14(11-20)7-3-8-15(18)12-21-17-10-4-6-13-5-1-2-9-16(13)17/h1-10H,11-12,20H2. The fourth-order valence-electron chi connectivity index (χ4n) is 2.38. The molecule has 3 rings (SSSR count). The maximum absolute atomic E-state index is 14.1. The van der Waals surface area contributed by atoms with Gasteiger partial charge in [-0.05, 0) is 11.5 Å². The van der Waals surface area contributed by atoms with Gasteiger partial charge in [0.25, 0.3) is 0 Å². The summed E-state index contributed by atoms with van der Waals surface area (Å²) >= 11 is 0. The van der Waals surface area contributed by atoms with Crippen molar-refractivity contribution in [1.29, 1.82) is 0 Å². The second kappa shape index (κ2) is 5.94. The summed E-state index contributed by atoms with van der Waals surface area (Å²) in [4.78, 5) is 0. The highest BCUT2D eigenvalue weighted by atomic mass is 19.1. The smallest absolute Gasteiger partial charge is 0.134 e. The van der Waals surface area contributed by atoms with E-state index in [0.29, 0.717) is 11.1 Å². The number of ether oxygens (including phenoxy) is 1. The Kier molecular flexibility index (Phi) is 3.84. The Balaban J connectivity index is 1.87. The predicted molar refractivity (Wildman–Crippen MR) is 82.6 cm³/mol. The molecule has 0 spiro atoms. The number of fused-ring (bicyclic) bond motifs is 1. The minimum Gasteiger partial charge on any atom is -0.488 e. The molecule has 0 aliphatic carbocycles. The van der Waals surface area contributed by atoms with Crippen LogP contribution in [0.4, 0.5) is 4.39 Å². The zero-order chi connectivity index (χ0) is 14.7. The van der Waals surface area contributed by atoms with Crippen molar-refractivity contribution >= 4 is 10.8 Å². The number of hydrogen-bond donors (Lipinski definition) is 1. The second-order valence-corrected chi connectivity index (χ2v) is 4.86. The Morgan fingerprint density at radius 1 is 0.857 bits per heavy atom. The lowest BCUT2D eigenvalue weighted by Crippen LogP contribution is -2.05.